The number of hydrogen-bond acceptors (Lipinski definition) is 29. The summed E-state index contributed by atoms with van der Waals surface area (Å²) in [5.74, 6) is -2.47. The van der Waals surface area contributed by atoms with E-state index in [0.29, 0.717) is 18.8 Å². The minimum Gasteiger partial charge on any atom is -0.395 e. The zero-order valence-corrected chi connectivity index (χ0v) is 70.0. The van der Waals surface area contributed by atoms with Crippen LogP contribution in [0.15, 0.2) is 0 Å². The molecule has 37 nitrogen and oxygen atoms in total. The first-order chi connectivity index (χ1) is 51.2. The number of rotatable bonds is 54. The molecule has 0 aromatic carbocycles. The van der Waals surface area contributed by atoms with Crippen molar-refractivity contribution in [3.05, 3.63) is 0 Å². The first-order valence-electron chi connectivity index (χ1n) is 38.0. The number of aliphatic hydroxyl groups excluding tert-OH is 10. The molecule has 15 N–H and O–H groups in total. The maximum absolute atomic E-state index is 14.5. The van der Waals surface area contributed by atoms with E-state index in [2.05, 4.69) is 22.9 Å². The van der Waals surface area contributed by atoms with E-state index in [4.69, 9.17) is 51.3 Å². The zero-order valence-electron chi connectivity index (χ0n) is 68.2. The van der Waals surface area contributed by atoms with Crippen LogP contribution in [0, 0.1) is 38.4 Å². The number of hydrogen-bond donors (Lipinski definition) is 15. The molecule has 0 radical (unpaired) electrons. The average Bonchev–Trinajstić information content (AvgIpc) is 0.802. The monoisotopic (exact) mass is 1640 g/mol. The number of phosphoric acid groups is 2. The Hall–Kier alpha value is -3.64. The van der Waals surface area contributed by atoms with Gasteiger partial charge in [-0.1, -0.05) is 90.0 Å². The fraction of sp³-hybridized carbons (Fsp3) is 0.917. The molecular formula is C72H136N6O31P2. The maximum atomic E-state index is 14.5. The van der Waals surface area contributed by atoms with Gasteiger partial charge < -0.3 is 125 Å². The van der Waals surface area contributed by atoms with Gasteiger partial charge in [-0.25, -0.2) is 9.13 Å². The van der Waals surface area contributed by atoms with E-state index in [1.165, 1.54) is 42.4 Å². The summed E-state index contributed by atoms with van der Waals surface area (Å²) in [5.41, 5.74) is -4.54. The van der Waals surface area contributed by atoms with Crippen LogP contribution < -0.4 is 16.0 Å². The summed E-state index contributed by atoms with van der Waals surface area (Å²) < 4.78 is 90.3. The van der Waals surface area contributed by atoms with Gasteiger partial charge in [-0.15, -0.1) is 0 Å². The number of carbonyl (C=O) groups is 6. The highest BCUT2D eigenvalue weighted by Gasteiger charge is 2.49. The Morgan fingerprint density at radius 1 is 0.495 bits per heavy atom. The summed E-state index contributed by atoms with van der Waals surface area (Å²) in [6, 6.07) is -3.46. The van der Waals surface area contributed by atoms with Gasteiger partial charge in [0.25, 0.3) is 0 Å². The average molecular weight is 1640 g/mol. The minimum atomic E-state index is -4.98. The molecule has 2 saturated heterocycles. The predicted molar refractivity (Wildman–Crippen MR) is 400 cm³/mol. The summed E-state index contributed by atoms with van der Waals surface area (Å²) in [5, 5.41) is 110. The van der Waals surface area contributed by atoms with E-state index in [1.54, 1.807) is 13.8 Å². The Balaban J connectivity index is 1.79. The van der Waals surface area contributed by atoms with Crippen molar-refractivity contribution >= 4 is 51.1 Å². The van der Waals surface area contributed by atoms with Crippen molar-refractivity contribution in [3.63, 3.8) is 0 Å². The van der Waals surface area contributed by atoms with Crippen molar-refractivity contribution in [2.24, 2.45) is 38.4 Å². The zero-order chi connectivity index (χ0) is 84.4. The van der Waals surface area contributed by atoms with Crippen LogP contribution in [0.4, 0.5) is 0 Å². The van der Waals surface area contributed by atoms with E-state index in [9.17, 15) is 98.7 Å². The fourth-order valence-electron chi connectivity index (χ4n) is 14.8. The first kappa shape index (κ1) is 102. The lowest BCUT2D eigenvalue weighted by atomic mass is 9.73. The van der Waals surface area contributed by atoms with Crippen molar-refractivity contribution in [2.45, 2.75) is 261 Å². The second-order valence-corrected chi connectivity index (χ2v) is 37.4. The lowest BCUT2D eigenvalue weighted by Crippen LogP contribution is -2.64. The molecule has 3 aliphatic rings. The topological polar surface area (TPSA) is 527 Å². The summed E-state index contributed by atoms with van der Waals surface area (Å²) in [6.07, 6.45) is -12.4. The highest BCUT2D eigenvalue weighted by atomic mass is 31.2. The summed E-state index contributed by atoms with van der Waals surface area (Å²) in [6.45, 7) is 22.4. The molecule has 0 aromatic rings. The Kier molecular flexibility index (Phi) is 42.0. The van der Waals surface area contributed by atoms with Gasteiger partial charge in [-0.05, 0) is 77.4 Å². The van der Waals surface area contributed by atoms with Crippen molar-refractivity contribution in [1.82, 2.24) is 30.7 Å². The fourth-order valence-corrected chi connectivity index (χ4v) is 16.2. The highest BCUT2D eigenvalue weighted by molar-refractivity contribution is 7.47. The van der Waals surface area contributed by atoms with Crippen LogP contribution in [-0.2, 0) is 89.2 Å². The molecule has 111 heavy (non-hydrogen) atoms. The number of nitrogens with one attached hydrogen (secondary N) is 3. The highest BCUT2D eigenvalue weighted by Crippen LogP contribution is 2.46. The Morgan fingerprint density at radius 3 is 1.15 bits per heavy atom. The van der Waals surface area contributed by atoms with Crippen molar-refractivity contribution < 1.29 is 150 Å². The molecule has 650 valence electrons. The minimum absolute atomic E-state index is 0.00154. The van der Waals surface area contributed by atoms with Gasteiger partial charge in [0.05, 0.1) is 98.1 Å². The van der Waals surface area contributed by atoms with Crippen LogP contribution in [0.5, 0.6) is 0 Å². The quantitative estimate of drug-likeness (QED) is 0.0292. The molecular weight excluding hydrogens is 1510 g/mol. The van der Waals surface area contributed by atoms with E-state index in [-0.39, 0.29) is 90.3 Å². The van der Waals surface area contributed by atoms with Gasteiger partial charge in [0.15, 0.2) is 18.9 Å². The second kappa shape index (κ2) is 45.9. The van der Waals surface area contributed by atoms with Gasteiger partial charge in [0.1, 0.15) is 60.9 Å². The van der Waals surface area contributed by atoms with Crippen molar-refractivity contribution in [3.8, 4) is 0 Å². The summed E-state index contributed by atoms with van der Waals surface area (Å²) >= 11 is 0. The number of carbonyl (C=O) groups excluding carboxylic acids is 6. The number of nitrogens with zero attached hydrogens (tertiary/aromatic N) is 3. The van der Waals surface area contributed by atoms with E-state index >= 15 is 0 Å². The molecule has 6 amide bonds. The van der Waals surface area contributed by atoms with Crippen molar-refractivity contribution in [2.75, 3.05) is 125 Å². The smallest absolute Gasteiger partial charge is 0.395 e. The molecule has 16 atom stereocenters. The van der Waals surface area contributed by atoms with Crippen LogP contribution in [0.25, 0.3) is 0 Å². The molecule has 3 fully saturated rings. The second-order valence-electron chi connectivity index (χ2n) is 34.5. The summed E-state index contributed by atoms with van der Waals surface area (Å²) in [4.78, 5) is 105. The summed E-state index contributed by atoms with van der Waals surface area (Å²) in [7, 11) is -9.96. The standard InChI is InChI=1S/C72H136N6O31P2/c1-45-30-50(31-45)99-25-19-77(56(89)33-68(8,9)40-71(14,15)43-101-65-58(74-48(4)86)62(93)60(91)53(37-82)108-65)21-27-104-111(97,98)106-29-23-78(57(90)34-69(10,11)41-72(16,17)44-102-66-59(75-49(5)87)63(94)61(92)54(38-83)109-66)22-28-105-110(95,96)103-26-20-76(18-24-79)55(88)32-67(6,7)39-70(12,13)42-100-64(51(35-80)73-47(3)85)107-52(36-81)46(2)84/h45-46,50-54,58-66,79-84,91-94H,18-44H2,1-17H3,(H,73,85)(H,74,86)(H,75,87)(H,95,96)(H,97,98)/t45?,46-,50?,51+,52?,53?,54?,58?,59?,60?,61?,62?,63?,64?,65?,66?/m1/s1. The molecule has 14 unspecified atom stereocenters. The molecule has 3 rings (SSSR count). The molecule has 2 aliphatic heterocycles. The van der Waals surface area contributed by atoms with Gasteiger partial charge in [-0.2, -0.15) is 0 Å². The largest absolute Gasteiger partial charge is 0.472 e. The van der Waals surface area contributed by atoms with Crippen LogP contribution in [0.1, 0.15) is 169 Å². The van der Waals surface area contributed by atoms with Gasteiger partial charge in [0, 0.05) is 79.3 Å². The van der Waals surface area contributed by atoms with Crippen LogP contribution >= 0.6 is 15.6 Å². The van der Waals surface area contributed by atoms with E-state index in [0.717, 1.165) is 12.8 Å². The lowest BCUT2D eigenvalue weighted by molar-refractivity contribution is -0.276. The third-order valence-corrected chi connectivity index (χ3v) is 21.1. The van der Waals surface area contributed by atoms with Crippen LogP contribution in [-0.4, -0.2) is 328 Å². The van der Waals surface area contributed by atoms with Crippen LogP contribution in [0.3, 0.4) is 0 Å². The Bertz CT molecular complexity index is 2950. The third kappa shape index (κ3) is 37.2. The lowest BCUT2D eigenvalue weighted by Gasteiger charge is -2.43. The number of aliphatic hydroxyl groups is 10. The van der Waals surface area contributed by atoms with Crippen molar-refractivity contribution in [1.29, 1.82) is 0 Å². The Labute approximate surface area is 653 Å². The normalized spacial score (nSPS) is 25.1. The maximum Gasteiger partial charge on any atom is 0.472 e. The SMILES string of the molecule is CC(=O)NC1C(OCC(C)(C)CC(C)(C)CC(=O)N(CCOC2CC(C)C2)CCOP(=O)(O)OCCN(CCOP(=O)(O)OCCN(CCO)C(=O)CC(C)(C)CC(C)(C)COC(OC(CO)[C@@H](C)O)[C@H](CO)NC(C)=O)C(=O)CC(C)(C)CC(C)(C)COC2OC(CO)C(O)C(O)C2NC(C)=O)OC(CO)C(O)C1O. The molecule has 0 bridgehead atoms. The molecule has 1 aliphatic carbocycles. The van der Waals surface area contributed by atoms with Gasteiger partial charge in [-0.3, -0.25) is 46.9 Å². The van der Waals surface area contributed by atoms with E-state index in [1.807, 2.05) is 69.2 Å². The molecule has 39 heteroatoms. The van der Waals surface area contributed by atoms with E-state index < -0.39 is 236 Å². The molecule has 1 saturated carbocycles. The van der Waals surface area contributed by atoms with Gasteiger partial charge >= 0.3 is 15.6 Å². The van der Waals surface area contributed by atoms with Crippen LogP contribution in [0.2, 0.25) is 0 Å². The third-order valence-electron chi connectivity index (χ3n) is 19.1. The molecule has 0 spiro atoms. The first-order valence-corrected chi connectivity index (χ1v) is 41.0. The molecule has 0 aromatic heterocycles. The predicted octanol–water partition coefficient (Wildman–Crippen LogP) is 0.563. The van der Waals surface area contributed by atoms with Gasteiger partial charge in [0.2, 0.25) is 35.4 Å². The molecule has 2 heterocycles. The number of phosphoric ester groups is 2. The number of amides is 6. The number of ether oxygens (including phenoxy) is 7. The Morgan fingerprint density at radius 2 is 0.847 bits per heavy atom.